The van der Waals surface area contributed by atoms with Gasteiger partial charge in [-0.25, -0.2) is 0 Å². The molecule has 5 heteroatoms. The quantitative estimate of drug-likeness (QED) is 0.914. The van der Waals surface area contributed by atoms with E-state index in [2.05, 4.69) is 52.3 Å². The number of aromatic nitrogens is 3. The van der Waals surface area contributed by atoms with Crippen molar-refractivity contribution in [3.63, 3.8) is 0 Å². The van der Waals surface area contributed by atoms with E-state index in [0.717, 1.165) is 11.1 Å². The minimum atomic E-state index is 0.578. The Hall–Kier alpha value is -2.17. The Morgan fingerprint density at radius 2 is 1.79 bits per heavy atom. The molecule has 1 aromatic heterocycles. The molecule has 0 aliphatic heterocycles. The van der Waals surface area contributed by atoms with Gasteiger partial charge in [0.25, 0.3) is 0 Å². The lowest BCUT2D eigenvalue weighted by Gasteiger charge is -2.13. The van der Waals surface area contributed by atoms with Gasteiger partial charge in [0.05, 0.1) is 0 Å². The molecule has 0 radical (unpaired) electrons. The lowest BCUT2D eigenvalue weighted by molar-refractivity contribution is 0.962. The normalized spacial score (nSPS) is 10.4. The van der Waals surface area contributed by atoms with E-state index in [0.29, 0.717) is 17.7 Å². The van der Waals surface area contributed by atoms with Crippen LogP contribution < -0.4 is 10.2 Å². The summed E-state index contributed by atoms with van der Waals surface area (Å²) in [6.45, 7) is 4.13. The van der Waals surface area contributed by atoms with Crippen LogP contribution in [0.1, 0.15) is 11.1 Å². The van der Waals surface area contributed by atoms with Crippen LogP contribution in [0.5, 0.6) is 0 Å². The Labute approximate surface area is 113 Å². The van der Waals surface area contributed by atoms with Gasteiger partial charge in [0, 0.05) is 26.7 Å². The van der Waals surface area contributed by atoms with Gasteiger partial charge in [-0.05, 0) is 25.5 Å². The van der Waals surface area contributed by atoms with E-state index in [4.69, 9.17) is 0 Å². The lowest BCUT2D eigenvalue weighted by atomic mass is 10.1. The fourth-order valence-corrected chi connectivity index (χ4v) is 1.77. The molecule has 1 aromatic carbocycles. The van der Waals surface area contributed by atoms with Crippen molar-refractivity contribution in [1.82, 2.24) is 15.0 Å². The maximum Gasteiger partial charge on any atom is 0.230 e. The van der Waals surface area contributed by atoms with E-state index < -0.39 is 0 Å². The first-order valence-electron chi connectivity index (χ1n) is 6.20. The van der Waals surface area contributed by atoms with Crippen LogP contribution in [0.4, 0.5) is 11.9 Å². The fraction of sp³-hybridized carbons (Fsp3) is 0.357. The topological polar surface area (TPSA) is 53.9 Å². The molecular weight excluding hydrogens is 238 g/mol. The predicted octanol–water partition coefficient (Wildman–Crippen LogP) is 2.26. The van der Waals surface area contributed by atoms with Gasteiger partial charge in [-0.2, -0.15) is 15.0 Å². The Morgan fingerprint density at radius 1 is 1.05 bits per heavy atom. The van der Waals surface area contributed by atoms with Crippen molar-refractivity contribution >= 4 is 11.9 Å². The maximum absolute atomic E-state index is 4.52. The van der Waals surface area contributed by atoms with E-state index in [1.165, 1.54) is 5.56 Å². The number of benzene rings is 1. The highest BCUT2D eigenvalue weighted by molar-refractivity contribution is 5.63. The molecule has 0 fully saturated rings. The minimum Gasteiger partial charge on any atom is -0.357 e. The minimum absolute atomic E-state index is 0.578. The summed E-state index contributed by atoms with van der Waals surface area (Å²) in [7, 11) is 5.64. The SMILES string of the molecule is CNc1nc(-c2cc(C)ccc2C)nc(N(C)C)n1. The molecule has 0 atom stereocenters. The van der Waals surface area contributed by atoms with Crippen LogP contribution in [0.3, 0.4) is 0 Å². The summed E-state index contributed by atoms with van der Waals surface area (Å²) < 4.78 is 0. The van der Waals surface area contributed by atoms with Crippen molar-refractivity contribution < 1.29 is 0 Å². The van der Waals surface area contributed by atoms with Gasteiger partial charge < -0.3 is 10.2 Å². The predicted molar refractivity (Wildman–Crippen MR) is 78.6 cm³/mol. The van der Waals surface area contributed by atoms with Crippen molar-refractivity contribution in [2.24, 2.45) is 0 Å². The van der Waals surface area contributed by atoms with Crippen LogP contribution >= 0.6 is 0 Å². The maximum atomic E-state index is 4.52. The van der Waals surface area contributed by atoms with Gasteiger partial charge in [0.15, 0.2) is 5.82 Å². The molecule has 5 nitrogen and oxygen atoms in total. The van der Waals surface area contributed by atoms with Crippen molar-refractivity contribution in [3.05, 3.63) is 29.3 Å². The summed E-state index contributed by atoms with van der Waals surface area (Å²) in [4.78, 5) is 15.2. The number of hydrogen-bond acceptors (Lipinski definition) is 5. The zero-order valence-electron chi connectivity index (χ0n) is 12.0. The Bertz CT molecular complexity index is 592. The zero-order valence-corrected chi connectivity index (χ0v) is 12.0. The molecule has 100 valence electrons. The molecule has 0 saturated carbocycles. The van der Waals surface area contributed by atoms with E-state index >= 15 is 0 Å². The standard InChI is InChI=1S/C14H19N5/c1-9-6-7-10(2)11(8-9)12-16-13(15-3)18-14(17-12)19(4)5/h6-8H,1-5H3,(H,15,16,17,18). The number of rotatable bonds is 3. The third-order valence-electron chi connectivity index (χ3n) is 2.88. The third-order valence-corrected chi connectivity index (χ3v) is 2.88. The Balaban J connectivity index is 2.60. The Kier molecular flexibility index (Phi) is 3.64. The average Bonchev–Trinajstić information content (AvgIpc) is 2.40. The molecule has 1 N–H and O–H groups in total. The lowest BCUT2D eigenvalue weighted by Crippen LogP contribution is -2.15. The summed E-state index contributed by atoms with van der Waals surface area (Å²) in [5.74, 6) is 1.93. The van der Waals surface area contributed by atoms with Crippen molar-refractivity contribution in [3.8, 4) is 11.4 Å². The number of aryl methyl sites for hydroxylation is 2. The number of nitrogens with zero attached hydrogens (tertiary/aromatic N) is 4. The smallest absolute Gasteiger partial charge is 0.230 e. The zero-order chi connectivity index (χ0) is 14.0. The second-order valence-corrected chi connectivity index (χ2v) is 4.75. The van der Waals surface area contributed by atoms with E-state index in [1.54, 1.807) is 0 Å². The Morgan fingerprint density at radius 3 is 2.42 bits per heavy atom. The highest BCUT2D eigenvalue weighted by atomic mass is 15.3. The summed E-state index contributed by atoms with van der Waals surface area (Å²) >= 11 is 0. The molecule has 0 aliphatic rings. The van der Waals surface area contributed by atoms with Gasteiger partial charge >= 0.3 is 0 Å². The molecule has 2 rings (SSSR count). The van der Waals surface area contributed by atoms with Crippen LogP contribution in [0.2, 0.25) is 0 Å². The molecule has 0 aliphatic carbocycles. The molecule has 0 unspecified atom stereocenters. The number of hydrogen-bond donors (Lipinski definition) is 1. The average molecular weight is 257 g/mol. The molecule has 0 spiro atoms. The van der Waals surface area contributed by atoms with Crippen LogP contribution in [0.25, 0.3) is 11.4 Å². The third kappa shape index (κ3) is 2.81. The number of nitrogens with one attached hydrogen (secondary N) is 1. The molecule has 2 aromatic rings. The van der Waals surface area contributed by atoms with Gasteiger partial charge in [0.1, 0.15) is 0 Å². The van der Waals surface area contributed by atoms with Crippen LogP contribution in [-0.4, -0.2) is 36.1 Å². The molecule has 1 heterocycles. The van der Waals surface area contributed by atoms with Crippen molar-refractivity contribution in [2.45, 2.75) is 13.8 Å². The van der Waals surface area contributed by atoms with Crippen LogP contribution in [0, 0.1) is 13.8 Å². The molecule has 0 amide bonds. The van der Waals surface area contributed by atoms with Gasteiger partial charge in [-0.15, -0.1) is 0 Å². The largest absolute Gasteiger partial charge is 0.357 e. The summed E-state index contributed by atoms with van der Waals surface area (Å²) in [6.07, 6.45) is 0. The first-order chi connectivity index (χ1) is 9.01. The molecule has 0 bridgehead atoms. The van der Waals surface area contributed by atoms with Crippen molar-refractivity contribution in [1.29, 1.82) is 0 Å². The van der Waals surface area contributed by atoms with Crippen LogP contribution in [0.15, 0.2) is 18.2 Å². The van der Waals surface area contributed by atoms with Crippen LogP contribution in [-0.2, 0) is 0 Å². The summed E-state index contributed by atoms with van der Waals surface area (Å²) in [6, 6.07) is 6.28. The second-order valence-electron chi connectivity index (χ2n) is 4.75. The van der Waals surface area contributed by atoms with Gasteiger partial charge in [-0.3, -0.25) is 0 Å². The van der Waals surface area contributed by atoms with E-state index in [1.807, 2.05) is 26.0 Å². The van der Waals surface area contributed by atoms with Crippen molar-refractivity contribution in [2.75, 3.05) is 31.4 Å². The summed E-state index contributed by atoms with van der Waals surface area (Å²) in [5, 5.41) is 2.98. The summed E-state index contributed by atoms with van der Waals surface area (Å²) in [5.41, 5.74) is 3.39. The molecule has 0 saturated heterocycles. The first kappa shape index (κ1) is 13.3. The van der Waals surface area contributed by atoms with E-state index in [9.17, 15) is 0 Å². The van der Waals surface area contributed by atoms with E-state index in [-0.39, 0.29) is 0 Å². The molecule has 19 heavy (non-hydrogen) atoms. The highest BCUT2D eigenvalue weighted by Crippen LogP contribution is 2.23. The number of anilines is 2. The fourth-order valence-electron chi connectivity index (χ4n) is 1.77. The second kappa shape index (κ2) is 5.22. The highest BCUT2D eigenvalue weighted by Gasteiger charge is 2.11. The monoisotopic (exact) mass is 257 g/mol. The van der Waals surface area contributed by atoms with Gasteiger partial charge in [0.2, 0.25) is 11.9 Å². The molecular formula is C14H19N5. The van der Waals surface area contributed by atoms with Gasteiger partial charge in [-0.1, -0.05) is 17.7 Å². The first-order valence-corrected chi connectivity index (χ1v) is 6.20.